The number of hydrogen-bond donors (Lipinski definition) is 0. The number of aryl methyl sites for hydroxylation is 2. The van der Waals surface area contributed by atoms with Crippen LogP contribution in [0.25, 0.3) is 10.8 Å². The van der Waals surface area contributed by atoms with E-state index < -0.39 is 0 Å². The van der Waals surface area contributed by atoms with Crippen molar-refractivity contribution in [2.75, 3.05) is 0 Å². The normalized spacial score (nSPS) is 14.5. The van der Waals surface area contributed by atoms with Crippen LogP contribution >= 0.6 is 11.6 Å². The van der Waals surface area contributed by atoms with Crippen molar-refractivity contribution >= 4 is 28.2 Å². The minimum Gasteiger partial charge on any atom is -0.294 e. The van der Waals surface area contributed by atoms with Gasteiger partial charge in [0.15, 0.2) is 5.78 Å². The number of benzene rings is 2. The molecule has 1 nitrogen and oxygen atoms in total. The number of halogens is 1. The van der Waals surface area contributed by atoms with Gasteiger partial charge in [-0.05, 0) is 42.0 Å². The Morgan fingerprint density at radius 3 is 2.81 bits per heavy atom. The molecule has 0 fully saturated rings. The molecule has 0 N–H and O–H groups in total. The smallest absolute Gasteiger partial charge is 0.163 e. The van der Waals surface area contributed by atoms with Crippen LogP contribution in [0.5, 0.6) is 0 Å². The zero-order chi connectivity index (χ0) is 11.3. The SMILES string of the molecule is Cc1c2c(cc3c(Cl)cccc13)CCC2=O. The Labute approximate surface area is 99.0 Å². The Balaban J connectivity index is 2.48. The molecule has 0 spiro atoms. The molecule has 1 aliphatic rings. The fourth-order valence-corrected chi connectivity index (χ4v) is 2.82. The van der Waals surface area contributed by atoms with Gasteiger partial charge in [0.2, 0.25) is 0 Å². The fourth-order valence-electron chi connectivity index (χ4n) is 2.59. The highest BCUT2D eigenvalue weighted by molar-refractivity contribution is 6.35. The summed E-state index contributed by atoms with van der Waals surface area (Å²) >= 11 is 6.18. The third kappa shape index (κ3) is 1.21. The fraction of sp³-hybridized carbons (Fsp3) is 0.214. The third-order valence-electron chi connectivity index (χ3n) is 3.37. The molecule has 3 rings (SSSR count). The van der Waals surface area contributed by atoms with E-state index in [1.54, 1.807) is 0 Å². The molecular formula is C14H11ClO. The molecule has 2 heteroatoms. The number of hydrogen-bond acceptors (Lipinski definition) is 1. The van der Waals surface area contributed by atoms with Crippen molar-refractivity contribution in [2.24, 2.45) is 0 Å². The maximum Gasteiger partial charge on any atom is 0.163 e. The van der Waals surface area contributed by atoms with Crippen molar-refractivity contribution in [3.8, 4) is 0 Å². The average molecular weight is 231 g/mol. The Hall–Kier alpha value is -1.34. The molecule has 0 radical (unpaired) electrons. The minimum absolute atomic E-state index is 0.273. The summed E-state index contributed by atoms with van der Waals surface area (Å²) in [5.41, 5.74) is 3.16. The van der Waals surface area contributed by atoms with Crippen molar-refractivity contribution in [3.63, 3.8) is 0 Å². The van der Waals surface area contributed by atoms with Crippen LogP contribution in [0.15, 0.2) is 24.3 Å². The lowest BCUT2D eigenvalue weighted by atomic mass is 9.96. The molecule has 0 aliphatic heterocycles. The lowest BCUT2D eigenvalue weighted by Crippen LogP contribution is -1.96. The molecule has 0 heterocycles. The topological polar surface area (TPSA) is 17.1 Å². The lowest BCUT2D eigenvalue weighted by molar-refractivity contribution is 0.0994. The van der Waals surface area contributed by atoms with Gasteiger partial charge >= 0.3 is 0 Å². The average Bonchev–Trinajstić information content (AvgIpc) is 2.63. The molecular weight excluding hydrogens is 220 g/mol. The first-order valence-corrected chi connectivity index (χ1v) is 5.80. The summed E-state index contributed by atoms with van der Waals surface area (Å²) in [6.45, 7) is 2.01. The monoisotopic (exact) mass is 230 g/mol. The second-order valence-corrected chi connectivity index (χ2v) is 4.70. The van der Waals surface area contributed by atoms with Gasteiger partial charge in [-0.1, -0.05) is 23.7 Å². The maximum absolute atomic E-state index is 11.8. The summed E-state index contributed by atoms with van der Waals surface area (Å²) in [6, 6.07) is 7.93. The number of Topliss-reactive ketones (excluding diaryl/α,β-unsaturated/α-hetero) is 1. The van der Waals surface area contributed by atoms with Crippen LogP contribution in [0, 0.1) is 6.92 Å². The molecule has 0 saturated heterocycles. The summed E-state index contributed by atoms with van der Waals surface area (Å²) in [7, 11) is 0. The molecule has 0 saturated carbocycles. The van der Waals surface area contributed by atoms with Crippen molar-refractivity contribution < 1.29 is 4.79 Å². The number of fused-ring (bicyclic) bond motifs is 2. The van der Waals surface area contributed by atoms with Gasteiger partial charge in [0.1, 0.15) is 0 Å². The van der Waals surface area contributed by atoms with Crippen LogP contribution in [0.2, 0.25) is 5.02 Å². The van der Waals surface area contributed by atoms with Crippen LogP contribution in [0.1, 0.15) is 27.9 Å². The molecule has 2 aromatic carbocycles. The van der Waals surface area contributed by atoms with Crippen molar-refractivity contribution in [2.45, 2.75) is 19.8 Å². The zero-order valence-electron chi connectivity index (χ0n) is 9.01. The van der Waals surface area contributed by atoms with Crippen molar-refractivity contribution in [1.82, 2.24) is 0 Å². The number of carbonyl (C=O) groups is 1. The van der Waals surface area contributed by atoms with Gasteiger partial charge in [0.05, 0.1) is 0 Å². The van der Waals surface area contributed by atoms with E-state index >= 15 is 0 Å². The lowest BCUT2D eigenvalue weighted by Gasteiger charge is -2.09. The summed E-state index contributed by atoms with van der Waals surface area (Å²) in [4.78, 5) is 11.8. The van der Waals surface area contributed by atoms with E-state index in [0.717, 1.165) is 38.9 Å². The molecule has 0 bridgehead atoms. The zero-order valence-corrected chi connectivity index (χ0v) is 9.77. The van der Waals surface area contributed by atoms with Crippen LogP contribution in [-0.2, 0) is 6.42 Å². The van der Waals surface area contributed by atoms with Crippen molar-refractivity contribution in [1.29, 1.82) is 0 Å². The molecule has 0 aromatic heterocycles. The van der Waals surface area contributed by atoms with Gasteiger partial charge in [-0.15, -0.1) is 0 Å². The van der Waals surface area contributed by atoms with E-state index in [1.165, 1.54) is 0 Å². The van der Waals surface area contributed by atoms with Gasteiger partial charge in [0.25, 0.3) is 0 Å². The van der Waals surface area contributed by atoms with E-state index in [-0.39, 0.29) is 5.78 Å². The van der Waals surface area contributed by atoms with E-state index in [4.69, 9.17) is 11.6 Å². The highest BCUT2D eigenvalue weighted by atomic mass is 35.5. The van der Waals surface area contributed by atoms with Crippen molar-refractivity contribution in [3.05, 3.63) is 46.0 Å². The van der Waals surface area contributed by atoms with Gasteiger partial charge in [-0.3, -0.25) is 4.79 Å². The molecule has 16 heavy (non-hydrogen) atoms. The second kappa shape index (κ2) is 3.33. The summed E-state index contributed by atoms with van der Waals surface area (Å²) < 4.78 is 0. The third-order valence-corrected chi connectivity index (χ3v) is 3.70. The first-order chi connectivity index (χ1) is 7.68. The van der Waals surface area contributed by atoms with Gasteiger partial charge in [-0.25, -0.2) is 0 Å². The van der Waals surface area contributed by atoms with E-state index in [9.17, 15) is 4.79 Å². The van der Waals surface area contributed by atoms with Gasteiger partial charge in [-0.2, -0.15) is 0 Å². The highest BCUT2D eigenvalue weighted by Gasteiger charge is 2.23. The Morgan fingerprint density at radius 2 is 2.00 bits per heavy atom. The van der Waals surface area contributed by atoms with Gasteiger partial charge < -0.3 is 0 Å². The maximum atomic E-state index is 11.8. The number of carbonyl (C=O) groups excluding carboxylic acids is 1. The van der Waals surface area contributed by atoms with Gasteiger partial charge in [0, 0.05) is 22.4 Å². The molecule has 2 aromatic rings. The predicted octanol–water partition coefficient (Wildman–Crippen LogP) is 3.93. The van der Waals surface area contributed by atoms with Crippen LogP contribution < -0.4 is 0 Å². The summed E-state index contributed by atoms with van der Waals surface area (Å²) in [5.74, 6) is 0.273. The second-order valence-electron chi connectivity index (χ2n) is 4.29. The molecule has 0 unspecified atom stereocenters. The summed E-state index contributed by atoms with van der Waals surface area (Å²) in [5, 5.41) is 2.93. The summed E-state index contributed by atoms with van der Waals surface area (Å²) in [6.07, 6.45) is 1.50. The Bertz CT molecular complexity index is 614. The van der Waals surface area contributed by atoms with E-state index in [0.29, 0.717) is 6.42 Å². The number of ketones is 1. The highest BCUT2D eigenvalue weighted by Crippen LogP contribution is 2.34. The molecule has 1 aliphatic carbocycles. The molecule has 0 atom stereocenters. The van der Waals surface area contributed by atoms with Crippen LogP contribution in [0.4, 0.5) is 0 Å². The first kappa shape index (κ1) is 9.86. The van der Waals surface area contributed by atoms with Crippen LogP contribution in [0.3, 0.4) is 0 Å². The number of rotatable bonds is 0. The quantitative estimate of drug-likeness (QED) is 0.670. The minimum atomic E-state index is 0.273. The molecule has 0 amide bonds. The predicted molar refractivity (Wildman–Crippen MR) is 66.3 cm³/mol. The largest absolute Gasteiger partial charge is 0.294 e. The first-order valence-electron chi connectivity index (χ1n) is 5.42. The standard InChI is InChI=1S/C14H11ClO/c1-8-10-3-2-4-12(15)11(10)7-9-5-6-13(16)14(8)9/h2-4,7H,5-6H2,1H3. The van der Waals surface area contributed by atoms with E-state index in [2.05, 4.69) is 6.07 Å². The molecule has 80 valence electrons. The van der Waals surface area contributed by atoms with E-state index in [1.807, 2.05) is 25.1 Å². The Kier molecular flexibility index (Phi) is 2.05. The Morgan fingerprint density at radius 1 is 1.19 bits per heavy atom. The van der Waals surface area contributed by atoms with Crippen LogP contribution in [-0.4, -0.2) is 5.78 Å².